The summed E-state index contributed by atoms with van der Waals surface area (Å²) in [5.41, 5.74) is 1.77. The molecule has 0 amide bonds. The highest BCUT2D eigenvalue weighted by molar-refractivity contribution is 7.99. The summed E-state index contributed by atoms with van der Waals surface area (Å²) in [5.74, 6) is 0. The molecule has 0 fully saturated rings. The van der Waals surface area contributed by atoms with E-state index in [0.29, 0.717) is 10.7 Å². The molecule has 0 aliphatic heterocycles. The normalized spacial score (nSPS) is 11.8. The number of halogens is 3. The Morgan fingerprint density at radius 1 is 1.35 bits per heavy atom. The van der Waals surface area contributed by atoms with Crippen LogP contribution in [0.4, 0.5) is 18.9 Å². The van der Waals surface area contributed by atoms with Crippen LogP contribution in [0.2, 0.25) is 0 Å². The minimum atomic E-state index is -4.67. The van der Waals surface area contributed by atoms with Gasteiger partial charge in [0, 0.05) is 11.9 Å². The van der Waals surface area contributed by atoms with Crippen LogP contribution in [0.1, 0.15) is 5.56 Å². The second kappa shape index (κ2) is 4.78. The fourth-order valence-corrected chi connectivity index (χ4v) is 2.05. The second-order valence-electron chi connectivity index (χ2n) is 3.85. The van der Waals surface area contributed by atoms with Gasteiger partial charge in [-0.25, -0.2) is 4.79 Å². The number of benzene rings is 1. The lowest BCUT2D eigenvalue weighted by atomic mass is 10.1. The van der Waals surface area contributed by atoms with Crippen LogP contribution in [0, 0.1) is 0 Å². The van der Waals surface area contributed by atoms with Crippen molar-refractivity contribution in [2.45, 2.75) is 6.18 Å². The molecule has 2 rings (SSSR count). The van der Waals surface area contributed by atoms with Crippen molar-refractivity contribution in [2.75, 3.05) is 16.8 Å². The van der Waals surface area contributed by atoms with Crippen molar-refractivity contribution in [2.24, 2.45) is 0 Å². The molecular formula is C10H9F3N4O2S. The summed E-state index contributed by atoms with van der Waals surface area (Å²) in [6.45, 7) is 0. The predicted octanol–water partition coefficient (Wildman–Crippen LogP) is 1.11. The van der Waals surface area contributed by atoms with Crippen molar-refractivity contribution < 1.29 is 13.2 Å². The standard InChI is InChI=1S/C10H9F3N4O2S/c1-20-16-17-8(18)4-2-6(14)5(10(11,12)13)3-7(4)15-9(17)19/h2-3,16H,14H2,1H3,(H,15,19). The van der Waals surface area contributed by atoms with Gasteiger partial charge in [-0.3, -0.25) is 9.63 Å². The number of nitrogens with zero attached hydrogens (tertiary/aromatic N) is 1. The number of hydrogen-bond donors (Lipinski definition) is 3. The summed E-state index contributed by atoms with van der Waals surface area (Å²) in [6.07, 6.45) is -3.08. The lowest BCUT2D eigenvalue weighted by Gasteiger charge is -2.12. The molecule has 0 unspecified atom stereocenters. The average molecular weight is 306 g/mol. The van der Waals surface area contributed by atoms with Gasteiger partial charge < -0.3 is 10.7 Å². The number of aromatic nitrogens is 2. The van der Waals surface area contributed by atoms with E-state index < -0.39 is 28.7 Å². The third-order valence-corrected chi connectivity index (χ3v) is 2.92. The average Bonchev–Trinajstić information content (AvgIpc) is 2.34. The fraction of sp³-hybridized carbons (Fsp3) is 0.200. The Morgan fingerprint density at radius 3 is 2.55 bits per heavy atom. The predicted molar refractivity (Wildman–Crippen MR) is 71.1 cm³/mol. The molecule has 0 saturated carbocycles. The summed E-state index contributed by atoms with van der Waals surface area (Å²) >= 11 is 0.985. The molecule has 0 aliphatic rings. The monoisotopic (exact) mass is 306 g/mol. The lowest BCUT2D eigenvalue weighted by Crippen LogP contribution is -2.39. The first-order chi connectivity index (χ1) is 9.25. The number of hydrogen-bond acceptors (Lipinski definition) is 5. The van der Waals surface area contributed by atoms with Crippen molar-refractivity contribution in [1.29, 1.82) is 0 Å². The zero-order chi connectivity index (χ0) is 15.1. The van der Waals surface area contributed by atoms with Crippen LogP contribution in [0.15, 0.2) is 21.7 Å². The maximum absolute atomic E-state index is 12.7. The molecule has 0 radical (unpaired) electrons. The molecule has 10 heteroatoms. The number of alkyl halides is 3. The Kier molecular flexibility index (Phi) is 3.42. The van der Waals surface area contributed by atoms with Crippen molar-refractivity contribution in [1.82, 2.24) is 9.66 Å². The highest BCUT2D eigenvalue weighted by atomic mass is 32.2. The largest absolute Gasteiger partial charge is 0.418 e. The number of nitrogens with one attached hydrogen (secondary N) is 2. The molecule has 6 nitrogen and oxygen atoms in total. The van der Waals surface area contributed by atoms with Crippen LogP contribution in [0.25, 0.3) is 10.9 Å². The van der Waals surface area contributed by atoms with Crippen molar-refractivity contribution >= 4 is 28.5 Å². The number of fused-ring (bicyclic) bond motifs is 1. The molecule has 4 N–H and O–H groups in total. The van der Waals surface area contributed by atoms with E-state index in [1.54, 1.807) is 6.26 Å². The van der Waals surface area contributed by atoms with Gasteiger partial charge in [-0.15, -0.1) is 0 Å². The van der Waals surface area contributed by atoms with Crippen LogP contribution >= 0.6 is 11.9 Å². The Balaban J connectivity index is 2.84. The summed E-state index contributed by atoms with van der Waals surface area (Å²) in [5, 5.41) is -0.114. The molecule has 0 spiro atoms. The maximum Gasteiger partial charge on any atom is 0.418 e. The molecule has 0 saturated heterocycles. The zero-order valence-electron chi connectivity index (χ0n) is 10.0. The summed E-state index contributed by atoms with van der Waals surface area (Å²) in [6, 6.07) is 1.55. The van der Waals surface area contributed by atoms with E-state index in [-0.39, 0.29) is 10.9 Å². The first kappa shape index (κ1) is 14.3. The lowest BCUT2D eigenvalue weighted by molar-refractivity contribution is -0.136. The van der Waals surface area contributed by atoms with E-state index in [2.05, 4.69) is 9.82 Å². The van der Waals surface area contributed by atoms with Gasteiger partial charge in [0.05, 0.1) is 16.5 Å². The van der Waals surface area contributed by atoms with Gasteiger partial charge >= 0.3 is 11.9 Å². The third-order valence-electron chi connectivity index (χ3n) is 2.56. The molecule has 1 heterocycles. The summed E-state index contributed by atoms with van der Waals surface area (Å²) < 4.78 is 38.8. The Hall–Kier alpha value is -2.10. The molecule has 0 bridgehead atoms. The first-order valence-electron chi connectivity index (χ1n) is 5.20. The first-order valence-corrected chi connectivity index (χ1v) is 6.43. The van der Waals surface area contributed by atoms with E-state index in [0.717, 1.165) is 18.0 Å². The quantitative estimate of drug-likeness (QED) is 0.571. The third kappa shape index (κ3) is 2.33. The minimum Gasteiger partial charge on any atom is -0.398 e. The van der Waals surface area contributed by atoms with Gasteiger partial charge in [-0.05, 0) is 24.1 Å². The zero-order valence-corrected chi connectivity index (χ0v) is 10.9. The summed E-state index contributed by atoms with van der Waals surface area (Å²) in [7, 11) is 0. The molecule has 0 aliphatic carbocycles. The fourth-order valence-electron chi connectivity index (χ4n) is 1.70. The minimum absolute atomic E-state index is 0.114. The molecular weight excluding hydrogens is 297 g/mol. The van der Waals surface area contributed by atoms with Crippen LogP contribution in [-0.4, -0.2) is 15.9 Å². The maximum atomic E-state index is 12.7. The van der Waals surface area contributed by atoms with Crippen molar-refractivity contribution in [3.63, 3.8) is 0 Å². The van der Waals surface area contributed by atoms with Gasteiger partial charge in [0.1, 0.15) is 0 Å². The Labute approximate surface area is 113 Å². The SMILES string of the molecule is CSNn1c(=O)[nH]c2cc(C(F)(F)F)c(N)cc2c1=O. The highest BCUT2D eigenvalue weighted by Gasteiger charge is 2.33. The molecule has 1 aromatic heterocycles. The number of rotatable bonds is 2. The van der Waals surface area contributed by atoms with Crippen LogP contribution in [0.3, 0.4) is 0 Å². The topological polar surface area (TPSA) is 92.9 Å². The van der Waals surface area contributed by atoms with Crippen LogP contribution in [-0.2, 0) is 6.18 Å². The number of nitrogen functional groups attached to an aromatic ring is 1. The van der Waals surface area contributed by atoms with E-state index in [1.165, 1.54) is 0 Å². The smallest absolute Gasteiger partial charge is 0.398 e. The van der Waals surface area contributed by atoms with E-state index in [4.69, 9.17) is 5.73 Å². The molecule has 0 atom stereocenters. The Bertz CT molecular complexity index is 781. The number of H-pyrrole nitrogens is 1. The molecule has 20 heavy (non-hydrogen) atoms. The van der Waals surface area contributed by atoms with Gasteiger partial charge in [0.15, 0.2) is 0 Å². The number of anilines is 1. The highest BCUT2D eigenvalue weighted by Crippen LogP contribution is 2.34. The second-order valence-corrected chi connectivity index (χ2v) is 4.44. The summed E-state index contributed by atoms with van der Waals surface area (Å²) in [4.78, 5) is 28.2. The van der Waals surface area contributed by atoms with Crippen LogP contribution < -0.4 is 21.8 Å². The van der Waals surface area contributed by atoms with Crippen molar-refractivity contribution in [3.8, 4) is 0 Å². The van der Waals surface area contributed by atoms with Gasteiger partial charge in [0.25, 0.3) is 5.56 Å². The molecule has 1 aromatic carbocycles. The van der Waals surface area contributed by atoms with Gasteiger partial charge in [-0.1, -0.05) is 0 Å². The Morgan fingerprint density at radius 2 is 2.00 bits per heavy atom. The van der Waals surface area contributed by atoms with Gasteiger partial charge in [-0.2, -0.15) is 17.8 Å². The van der Waals surface area contributed by atoms with Crippen LogP contribution in [0.5, 0.6) is 0 Å². The van der Waals surface area contributed by atoms with Crippen molar-refractivity contribution in [3.05, 3.63) is 38.5 Å². The number of nitrogens with two attached hydrogens (primary N) is 1. The molecule has 2 aromatic rings. The van der Waals surface area contributed by atoms with E-state index >= 15 is 0 Å². The van der Waals surface area contributed by atoms with E-state index in [9.17, 15) is 22.8 Å². The number of aromatic amines is 1. The van der Waals surface area contributed by atoms with Gasteiger partial charge in [0.2, 0.25) is 0 Å². The molecule has 108 valence electrons. The van der Waals surface area contributed by atoms with E-state index in [1.807, 2.05) is 0 Å².